The van der Waals surface area contributed by atoms with Crippen molar-refractivity contribution < 1.29 is 0 Å². The van der Waals surface area contributed by atoms with Crippen molar-refractivity contribution in [2.75, 3.05) is 13.1 Å². The fraction of sp³-hybridized carbons (Fsp3) is 0.571. The molecule has 0 aromatic heterocycles. The Balaban J connectivity index is 2.16. The van der Waals surface area contributed by atoms with Crippen LogP contribution in [0.1, 0.15) is 38.3 Å². The van der Waals surface area contributed by atoms with Crippen LogP contribution in [0.25, 0.3) is 0 Å². The molecule has 1 aliphatic heterocycles. The number of benzene rings is 1. The Bertz CT molecular complexity index is 326. The van der Waals surface area contributed by atoms with E-state index in [2.05, 4.69) is 43.0 Å². The minimum Gasteiger partial charge on any atom is -0.322 e. The molecule has 1 heterocycles. The fourth-order valence-electron chi connectivity index (χ4n) is 2.56. The van der Waals surface area contributed by atoms with E-state index in [0.717, 1.165) is 0 Å². The molecule has 0 bridgehead atoms. The van der Waals surface area contributed by atoms with E-state index in [0.29, 0.717) is 0 Å². The second kappa shape index (κ2) is 4.56. The summed E-state index contributed by atoms with van der Waals surface area (Å²) in [6.45, 7) is 6.90. The Kier molecular flexibility index (Phi) is 3.31. The van der Waals surface area contributed by atoms with Crippen LogP contribution in [-0.4, -0.2) is 23.5 Å². The smallest absolute Gasteiger partial charge is 0.0476 e. The Morgan fingerprint density at radius 2 is 1.69 bits per heavy atom. The van der Waals surface area contributed by atoms with Crippen LogP contribution in [-0.2, 0) is 0 Å². The Morgan fingerprint density at radius 1 is 1.12 bits per heavy atom. The van der Waals surface area contributed by atoms with Gasteiger partial charge in [0.05, 0.1) is 0 Å². The SMILES string of the molecule is CC(C)([C@H](N)c1ccccc1)N1CCCC1. The molecule has 2 nitrogen and oxygen atoms in total. The lowest BCUT2D eigenvalue weighted by Gasteiger charge is -2.40. The van der Waals surface area contributed by atoms with Crippen molar-refractivity contribution in [3.63, 3.8) is 0 Å². The van der Waals surface area contributed by atoms with Crippen LogP contribution in [0.3, 0.4) is 0 Å². The summed E-state index contributed by atoms with van der Waals surface area (Å²) in [7, 11) is 0. The summed E-state index contributed by atoms with van der Waals surface area (Å²) in [5.41, 5.74) is 7.70. The summed E-state index contributed by atoms with van der Waals surface area (Å²) in [5, 5.41) is 0. The van der Waals surface area contributed by atoms with Crippen molar-refractivity contribution in [1.82, 2.24) is 4.90 Å². The number of nitrogens with two attached hydrogens (primary N) is 1. The van der Waals surface area contributed by atoms with Gasteiger partial charge in [0.25, 0.3) is 0 Å². The molecule has 0 amide bonds. The normalized spacial score (nSPS) is 19.9. The second-order valence-corrected chi connectivity index (χ2v) is 5.24. The molecular weight excluding hydrogens is 196 g/mol. The molecule has 1 saturated heterocycles. The van der Waals surface area contributed by atoms with Gasteiger partial charge < -0.3 is 5.73 Å². The first-order chi connectivity index (χ1) is 7.62. The molecule has 1 atom stereocenters. The third-order valence-electron chi connectivity index (χ3n) is 3.84. The predicted molar refractivity (Wildman–Crippen MR) is 68.3 cm³/mol. The van der Waals surface area contributed by atoms with Crippen LogP contribution in [0.15, 0.2) is 30.3 Å². The van der Waals surface area contributed by atoms with Gasteiger partial charge in [-0.3, -0.25) is 4.90 Å². The monoisotopic (exact) mass is 218 g/mol. The first kappa shape index (κ1) is 11.6. The number of hydrogen-bond donors (Lipinski definition) is 1. The van der Waals surface area contributed by atoms with Gasteiger partial charge in [-0.05, 0) is 45.3 Å². The molecule has 1 aromatic rings. The number of rotatable bonds is 3. The molecule has 0 spiro atoms. The van der Waals surface area contributed by atoms with Gasteiger partial charge in [0, 0.05) is 11.6 Å². The molecular formula is C14H22N2. The quantitative estimate of drug-likeness (QED) is 0.845. The van der Waals surface area contributed by atoms with E-state index in [1.807, 2.05) is 6.07 Å². The van der Waals surface area contributed by atoms with Gasteiger partial charge >= 0.3 is 0 Å². The summed E-state index contributed by atoms with van der Waals surface area (Å²) in [4.78, 5) is 2.52. The van der Waals surface area contributed by atoms with E-state index >= 15 is 0 Å². The molecule has 0 saturated carbocycles. The minimum absolute atomic E-state index is 0.0534. The van der Waals surface area contributed by atoms with E-state index in [1.54, 1.807) is 0 Å². The third-order valence-corrected chi connectivity index (χ3v) is 3.84. The molecule has 0 radical (unpaired) electrons. The summed E-state index contributed by atoms with van der Waals surface area (Å²) in [6.07, 6.45) is 2.62. The highest BCUT2D eigenvalue weighted by Gasteiger charge is 2.35. The summed E-state index contributed by atoms with van der Waals surface area (Å²) in [6, 6.07) is 10.5. The number of nitrogens with zero attached hydrogens (tertiary/aromatic N) is 1. The largest absolute Gasteiger partial charge is 0.322 e. The highest BCUT2D eigenvalue weighted by atomic mass is 15.2. The molecule has 2 N–H and O–H groups in total. The van der Waals surface area contributed by atoms with Gasteiger partial charge in [0.15, 0.2) is 0 Å². The van der Waals surface area contributed by atoms with Crippen molar-refractivity contribution >= 4 is 0 Å². The van der Waals surface area contributed by atoms with Crippen LogP contribution < -0.4 is 5.73 Å². The van der Waals surface area contributed by atoms with E-state index in [9.17, 15) is 0 Å². The summed E-state index contributed by atoms with van der Waals surface area (Å²) >= 11 is 0. The van der Waals surface area contributed by atoms with E-state index in [4.69, 9.17) is 5.73 Å². The lowest BCUT2D eigenvalue weighted by molar-refractivity contribution is 0.124. The van der Waals surface area contributed by atoms with Crippen molar-refractivity contribution in [3.8, 4) is 0 Å². The van der Waals surface area contributed by atoms with Crippen molar-refractivity contribution in [3.05, 3.63) is 35.9 Å². The standard InChI is InChI=1S/C14H22N2/c1-14(2,16-10-6-7-11-16)13(15)12-8-4-3-5-9-12/h3-5,8-9,13H,6-7,10-11,15H2,1-2H3/t13-/m1/s1. The van der Waals surface area contributed by atoms with Crippen LogP contribution in [0.5, 0.6) is 0 Å². The van der Waals surface area contributed by atoms with Crippen molar-refractivity contribution in [2.45, 2.75) is 38.3 Å². The zero-order valence-corrected chi connectivity index (χ0v) is 10.3. The fourth-order valence-corrected chi connectivity index (χ4v) is 2.56. The third kappa shape index (κ3) is 2.13. The minimum atomic E-state index is 0.0534. The van der Waals surface area contributed by atoms with Gasteiger partial charge in [0.2, 0.25) is 0 Å². The highest BCUT2D eigenvalue weighted by molar-refractivity contribution is 5.22. The van der Waals surface area contributed by atoms with Gasteiger partial charge in [-0.2, -0.15) is 0 Å². The molecule has 1 aliphatic rings. The first-order valence-electron chi connectivity index (χ1n) is 6.18. The topological polar surface area (TPSA) is 29.3 Å². The first-order valence-corrected chi connectivity index (χ1v) is 6.18. The molecule has 2 rings (SSSR count). The molecule has 88 valence electrons. The average molecular weight is 218 g/mol. The predicted octanol–water partition coefficient (Wildman–Crippen LogP) is 2.56. The van der Waals surface area contributed by atoms with Gasteiger partial charge in [-0.1, -0.05) is 30.3 Å². The van der Waals surface area contributed by atoms with Gasteiger partial charge in [-0.25, -0.2) is 0 Å². The average Bonchev–Trinajstić information content (AvgIpc) is 2.83. The van der Waals surface area contributed by atoms with E-state index < -0.39 is 0 Å². The maximum atomic E-state index is 6.41. The summed E-state index contributed by atoms with van der Waals surface area (Å²) < 4.78 is 0. The second-order valence-electron chi connectivity index (χ2n) is 5.24. The van der Waals surface area contributed by atoms with Gasteiger partial charge in [-0.15, -0.1) is 0 Å². The molecule has 2 heteroatoms. The number of hydrogen-bond acceptors (Lipinski definition) is 2. The summed E-state index contributed by atoms with van der Waals surface area (Å²) in [5.74, 6) is 0. The number of likely N-dealkylation sites (tertiary alicyclic amines) is 1. The maximum absolute atomic E-state index is 6.41. The molecule has 0 unspecified atom stereocenters. The zero-order chi connectivity index (χ0) is 11.6. The lowest BCUT2D eigenvalue weighted by atomic mass is 9.88. The van der Waals surface area contributed by atoms with Crippen molar-refractivity contribution in [2.24, 2.45) is 5.73 Å². The highest BCUT2D eigenvalue weighted by Crippen LogP contribution is 2.31. The van der Waals surface area contributed by atoms with E-state index in [-0.39, 0.29) is 11.6 Å². The zero-order valence-electron chi connectivity index (χ0n) is 10.3. The maximum Gasteiger partial charge on any atom is 0.0476 e. The Morgan fingerprint density at radius 3 is 2.25 bits per heavy atom. The van der Waals surface area contributed by atoms with Gasteiger partial charge in [0.1, 0.15) is 0 Å². The molecule has 16 heavy (non-hydrogen) atoms. The molecule has 0 aliphatic carbocycles. The Hall–Kier alpha value is -0.860. The molecule has 1 aromatic carbocycles. The van der Waals surface area contributed by atoms with Crippen LogP contribution in [0.4, 0.5) is 0 Å². The Labute approximate surface area is 98.4 Å². The lowest BCUT2D eigenvalue weighted by Crippen LogP contribution is -2.49. The van der Waals surface area contributed by atoms with Crippen molar-refractivity contribution in [1.29, 1.82) is 0 Å². The van der Waals surface area contributed by atoms with Crippen LogP contribution in [0.2, 0.25) is 0 Å². The van der Waals surface area contributed by atoms with Crippen LogP contribution in [0, 0.1) is 0 Å². The van der Waals surface area contributed by atoms with Crippen LogP contribution >= 0.6 is 0 Å². The van der Waals surface area contributed by atoms with E-state index in [1.165, 1.54) is 31.5 Å². The molecule has 1 fully saturated rings.